The highest BCUT2D eigenvalue weighted by molar-refractivity contribution is 6.12. The van der Waals surface area contributed by atoms with Crippen LogP contribution in [0.25, 0.3) is 0 Å². The van der Waals surface area contributed by atoms with Crippen molar-refractivity contribution in [2.24, 2.45) is 4.99 Å². The molecule has 2 aromatic rings. The van der Waals surface area contributed by atoms with E-state index in [0.717, 1.165) is 17.0 Å². The van der Waals surface area contributed by atoms with E-state index in [2.05, 4.69) is 26.9 Å². The molecule has 0 radical (unpaired) electrons. The molecule has 0 amide bonds. The van der Waals surface area contributed by atoms with Crippen molar-refractivity contribution in [2.45, 2.75) is 6.42 Å². The maximum absolute atomic E-state index is 8.47. The van der Waals surface area contributed by atoms with Crippen molar-refractivity contribution in [3.8, 4) is 0 Å². The molecule has 0 aliphatic heterocycles. The fraction of sp³-hybridized carbons (Fsp3) is 0.0476. The summed E-state index contributed by atoms with van der Waals surface area (Å²) in [6.07, 6.45) is 13.2. The minimum absolute atomic E-state index is 0.187. The summed E-state index contributed by atoms with van der Waals surface area (Å²) >= 11 is 0. The van der Waals surface area contributed by atoms with Crippen LogP contribution in [0, 0.1) is 5.41 Å². The predicted molar refractivity (Wildman–Crippen MR) is 116 cm³/mol. The monoisotopic (exact) mass is 371 g/mol. The van der Waals surface area contributed by atoms with Crippen molar-refractivity contribution in [3.05, 3.63) is 84.8 Å². The molecule has 7 heteroatoms. The molecule has 140 valence electrons. The molecule has 0 saturated carbocycles. The first-order chi connectivity index (χ1) is 13.6. The highest BCUT2D eigenvalue weighted by Gasteiger charge is 2.09. The average Bonchev–Trinajstić information content (AvgIpc) is 2.69. The number of benzene rings is 1. The molecular weight excluding hydrogens is 350 g/mol. The van der Waals surface area contributed by atoms with Crippen molar-refractivity contribution < 1.29 is 0 Å². The second-order valence-electron chi connectivity index (χ2n) is 5.98. The number of nitrogens with one attached hydrogen (secondary N) is 2. The zero-order chi connectivity index (χ0) is 19.9. The van der Waals surface area contributed by atoms with Crippen LogP contribution in [-0.4, -0.2) is 21.4 Å². The number of aliphatic imine (C=N–C) groups is 1. The Labute approximate surface area is 163 Å². The Bertz CT molecular complexity index is 1030. The zero-order valence-corrected chi connectivity index (χ0v) is 15.3. The molecule has 6 N–H and O–H groups in total. The molecular formula is C21H21N7. The van der Waals surface area contributed by atoms with Crippen molar-refractivity contribution >= 4 is 34.6 Å². The standard InChI is InChI=1S/C21H21N7/c1-2-25-19-6-4-3-5-14(19)7-9-17(22)16-13-15(8-10-18(16)23)27-20-11-12-26-21(24)28-20/h2-8,10-13,22H,1,9,23H2,(H3,24,26,27,28)/b14-7-,22-17?,25-19?. The topological polar surface area (TPSA) is 126 Å². The SMILES string of the molecule is C=CN=C1C=CC=C/C1=C/CC(=N)c1cc(Nc2ccnc(N)n2)ccc1N. The summed E-state index contributed by atoms with van der Waals surface area (Å²) < 4.78 is 0. The van der Waals surface area contributed by atoms with Gasteiger partial charge in [-0.25, -0.2) is 4.98 Å². The molecule has 0 spiro atoms. The lowest BCUT2D eigenvalue weighted by Crippen LogP contribution is -2.06. The minimum Gasteiger partial charge on any atom is -0.398 e. The van der Waals surface area contributed by atoms with E-state index in [4.69, 9.17) is 16.9 Å². The fourth-order valence-corrected chi connectivity index (χ4v) is 2.68. The Morgan fingerprint density at radius 2 is 2.04 bits per heavy atom. The number of hydrogen-bond acceptors (Lipinski definition) is 7. The average molecular weight is 371 g/mol. The van der Waals surface area contributed by atoms with E-state index in [0.29, 0.717) is 29.2 Å². The van der Waals surface area contributed by atoms with Crippen molar-refractivity contribution in [1.29, 1.82) is 5.41 Å². The summed E-state index contributed by atoms with van der Waals surface area (Å²) in [6, 6.07) is 7.12. The quantitative estimate of drug-likeness (QED) is 0.454. The lowest BCUT2D eigenvalue weighted by atomic mass is 10.00. The summed E-state index contributed by atoms with van der Waals surface area (Å²) in [5.74, 6) is 0.757. The zero-order valence-electron chi connectivity index (χ0n) is 15.3. The van der Waals surface area contributed by atoms with Gasteiger partial charge in [-0.3, -0.25) is 4.99 Å². The number of allylic oxidation sites excluding steroid dienone is 6. The van der Waals surface area contributed by atoms with Crippen molar-refractivity contribution in [3.63, 3.8) is 0 Å². The van der Waals surface area contributed by atoms with Crippen LogP contribution in [0.1, 0.15) is 12.0 Å². The molecule has 0 saturated heterocycles. The molecule has 0 atom stereocenters. The van der Waals surface area contributed by atoms with Gasteiger partial charge in [0.15, 0.2) is 0 Å². The van der Waals surface area contributed by atoms with Gasteiger partial charge >= 0.3 is 0 Å². The smallest absolute Gasteiger partial charge is 0.221 e. The summed E-state index contributed by atoms with van der Waals surface area (Å²) in [5, 5.41) is 11.6. The highest BCUT2D eigenvalue weighted by atomic mass is 15.1. The van der Waals surface area contributed by atoms with Crippen LogP contribution < -0.4 is 16.8 Å². The number of nitrogen functional groups attached to an aromatic ring is 2. The van der Waals surface area contributed by atoms with Gasteiger partial charge in [-0.05, 0) is 35.9 Å². The van der Waals surface area contributed by atoms with Crippen LogP contribution >= 0.6 is 0 Å². The van der Waals surface area contributed by atoms with Gasteiger partial charge in [0.05, 0.1) is 5.71 Å². The van der Waals surface area contributed by atoms with Crippen molar-refractivity contribution in [1.82, 2.24) is 9.97 Å². The molecule has 7 nitrogen and oxygen atoms in total. The molecule has 1 heterocycles. The van der Waals surface area contributed by atoms with Crippen LogP contribution in [0.2, 0.25) is 0 Å². The van der Waals surface area contributed by atoms with Crippen LogP contribution in [0.15, 0.2) is 84.2 Å². The fourth-order valence-electron chi connectivity index (χ4n) is 2.68. The predicted octanol–water partition coefficient (Wildman–Crippen LogP) is 3.78. The summed E-state index contributed by atoms with van der Waals surface area (Å²) in [5.41, 5.74) is 15.8. The molecule has 1 aliphatic carbocycles. The maximum atomic E-state index is 8.47. The molecule has 3 rings (SSSR count). The first-order valence-corrected chi connectivity index (χ1v) is 8.63. The lowest BCUT2D eigenvalue weighted by Gasteiger charge is -2.11. The van der Waals surface area contributed by atoms with Crippen LogP contribution in [0.3, 0.4) is 0 Å². The molecule has 0 fully saturated rings. The number of anilines is 4. The number of nitrogens with two attached hydrogens (primary N) is 2. The summed E-state index contributed by atoms with van der Waals surface area (Å²) in [7, 11) is 0. The van der Waals surface area contributed by atoms with E-state index in [1.807, 2.05) is 42.5 Å². The van der Waals surface area contributed by atoms with Crippen molar-refractivity contribution in [2.75, 3.05) is 16.8 Å². The number of nitrogens with zero attached hydrogens (tertiary/aromatic N) is 3. The lowest BCUT2D eigenvalue weighted by molar-refractivity contribution is 1.18. The Morgan fingerprint density at radius 3 is 2.82 bits per heavy atom. The third kappa shape index (κ3) is 4.59. The maximum Gasteiger partial charge on any atom is 0.221 e. The van der Waals surface area contributed by atoms with E-state index in [1.165, 1.54) is 6.20 Å². The normalized spacial score (nSPS) is 15.7. The highest BCUT2D eigenvalue weighted by Crippen LogP contribution is 2.23. The van der Waals surface area contributed by atoms with Gasteiger partial charge in [0.2, 0.25) is 5.95 Å². The Morgan fingerprint density at radius 1 is 1.21 bits per heavy atom. The number of hydrogen-bond donors (Lipinski definition) is 4. The van der Waals surface area contributed by atoms with Gasteiger partial charge < -0.3 is 22.2 Å². The second kappa shape index (κ2) is 8.59. The Kier molecular flexibility index (Phi) is 5.76. The Balaban J connectivity index is 1.79. The molecule has 1 aromatic heterocycles. The summed E-state index contributed by atoms with van der Waals surface area (Å²) in [4.78, 5) is 12.2. The van der Waals surface area contributed by atoms with Gasteiger partial charge in [0.1, 0.15) is 5.82 Å². The van der Waals surface area contributed by atoms with Crippen LogP contribution in [-0.2, 0) is 0 Å². The molecule has 1 aromatic carbocycles. The second-order valence-corrected chi connectivity index (χ2v) is 5.98. The number of aromatic nitrogens is 2. The van der Waals surface area contributed by atoms with E-state index in [1.54, 1.807) is 18.3 Å². The van der Waals surface area contributed by atoms with E-state index in [-0.39, 0.29) is 5.95 Å². The third-order valence-electron chi connectivity index (χ3n) is 4.02. The summed E-state index contributed by atoms with van der Waals surface area (Å²) in [6.45, 7) is 3.64. The molecule has 0 unspecified atom stereocenters. The minimum atomic E-state index is 0.187. The first-order valence-electron chi connectivity index (χ1n) is 8.63. The first kappa shape index (κ1) is 18.8. The van der Waals surface area contributed by atoms with Gasteiger partial charge in [0, 0.05) is 41.5 Å². The Hall–Kier alpha value is -4.00. The molecule has 28 heavy (non-hydrogen) atoms. The largest absolute Gasteiger partial charge is 0.398 e. The van der Waals surface area contributed by atoms with E-state index >= 15 is 0 Å². The number of rotatable bonds is 6. The molecule has 1 aliphatic rings. The van der Waals surface area contributed by atoms with E-state index in [9.17, 15) is 0 Å². The molecule has 0 bridgehead atoms. The van der Waals surface area contributed by atoms with E-state index < -0.39 is 0 Å². The van der Waals surface area contributed by atoms with Gasteiger partial charge in [-0.15, -0.1) is 0 Å². The van der Waals surface area contributed by atoms with Gasteiger partial charge in [0.25, 0.3) is 0 Å². The third-order valence-corrected chi connectivity index (χ3v) is 4.02. The van der Waals surface area contributed by atoms with Crippen LogP contribution in [0.4, 0.5) is 23.1 Å². The van der Waals surface area contributed by atoms with Crippen LogP contribution in [0.5, 0.6) is 0 Å². The van der Waals surface area contributed by atoms with Gasteiger partial charge in [-0.1, -0.05) is 30.9 Å². The van der Waals surface area contributed by atoms with Gasteiger partial charge in [-0.2, -0.15) is 4.98 Å².